The van der Waals surface area contributed by atoms with Crippen LogP contribution in [0, 0.1) is 0 Å². The number of carbonyl (C=O) groups excluding carboxylic acids is 1. The molecular weight excluding hydrogens is 308 g/mol. The molecule has 0 unspecified atom stereocenters. The Morgan fingerprint density at radius 2 is 2.00 bits per heavy atom. The molecule has 2 aromatic carbocycles. The monoisotopic (exact) mass is 324 g/mol. The number of phenolic OH excluding ortho intramolecular Hbond substituents is 2. The Hall–Kier alpha value is -2.53. The Kier molecular flexibility index (Phi) is 2.49. The summed E-state index contributed by atoms with van der Waals surface area (Å²) in [6, 6.07) is 6.36. The molecule has 0 amide bonds. The number of carbonyl (C=O) groups is 1. The van der Waals surface area contributed by atoms with E-state index in [2.05, 4.69) is 0 Å². The van der Waals surface area contributed by atoms with E-state index < -0.39 is 0 Å². The van der Waals surface area contributed by atoms with E-state index in [1.807, 2.05) is 13.0 Å². The van der Waals surface area contributed by atoms with Gasteiger partial charge in [-0.15, -0.1) is 0 Å². The molecule has 1 saturated heterocycles. The molecule has 2 N–H and O–H groups in total. The highest BCUT2D eigenvalue weighted by molar-refractivity contribution is 6.14. The summed E-state index contributed by atoms with van der Waals surface area (Å²) < 4.78 is 11.5. The minimum absolute atomic E-state index is 0.0342. The molecule has 122 valence electrons. The lowest BCUT2D eigenvalue weighted by Gasteiger charge is -2.21. The number of phenols is 2. The second-order valence-corrected chi connectivity index (χ2v) is 6.99. The standard InChI is InChI=1S/C19H16O5/c1-19(8-23-19)16-7-13-12-5-9-4-10(20)6-14(21)17(9)18(22)11(12)2-3-15(13)24-16/h2-4,6,16,20-21H,5,7-8H2,1H3/t16-,19-/m1/s1. The number of epoxide rings is 1. The van der Waals surface area contributed by atoms with Gasteiger partial charge in [0, 0.05) is 23.6 Å². The van der Waals surface area contributed by atoms with Gasteiger partial charge >= 0.3 is 0 Å². The fourth-order valence-corrected chi connectivity index (χ4v) is 3.84. The van der Waals surface area contributed by atoms with Crippen LogP contribution in [0.1, 0.15) is 39.5 Å². The molecule has 0 bridgehead atoms. The molecule has 1 fully saturated rings. The molecule has 1 aliphatic carbocycles. The highest BCUT2D eigenvalue weighted by Crippen LogP contribution is 2.45. The van der Waals surface area contributed by atoms with Crippen molar-refractivity contribution in [3.8, 4) is 17.2 Å². The summed E-state index contributed by atoms with van der Waals surface area (Å²) in [6.07, 6.45) is 1.17. The van der Waals surface area contributed by atoms with Crippen LogP contribution in [0.3, 0.4) is 0 Å². The third-order valence-electron chi connectivity index (χ3n) is 5.35. The fourth-order valence-electron chi connectivity index (χ4n) is 3.84. The number of hydrogen-bond donors (Lipinski definition) is 2. The Balaban J connectivity index is 1.63. The maximum Gasteiger partial charge on any atom is 0.197 e. The summed E-state index contributed by atoms with van der Waals surface area (Å²) in [5.41, 5.74) is 3.27. The third-order valence-corrected chi connectivity index (χ3v) is 5.35. The first-order valence-electron chi connectivity index (χ1n) is 8.01. The van der Waals surface area contributed by atoms with Gasteiger partial charge in [-0.25, -0.2) is 0 Å². The molecule has 5 heteroatoms. The average molecular weight is 324 g/mol. The van der Waals surface area contributed by atoms with Crippen LogP contribution in [0.5, 0.6) is 17.2 Å². The van der Waals surface area contributed by atoms with Crippen molar-refractivity contribution in [1.82, 2.24) is 0 Å². The first kappa shape index (κ1) is 13.9. The number of rotatable bonds is 1. The summed E-state index contributed by atoms with van der Waals surface area (Å²) in [4.78, 5) is 12.8. The van der Waals surface area contributed by atoms with Gasteiger partial charge in [-0.3, -0.25) is 4.79 Å². The molecule has 0 radical (unpaired) electrons. The van der Waals surface area contributed by atoms with Crippen molar-refractivity contribution in [2.45, 2.75) is 31.5 Å². The smallest absolute Gasteiger partial charge is 0.197 e. The van der Waals surface area contributed by atoms with Gasteiger partial charge in [0.05, 0.1) is 12.2 Å². The van der Waals surface area contributed by atoms with E-state index in [0.717, 1.165) is 16.9 Å². The minimum Gasteiger partial charge on any atom is -0.508 e. The molecule has 2 aromatic rings. The number of ether oxygens (including phenoxy) is 2. The van der Waals surface area contributed by atoms with E-state index in [4.69, 9.17) is 9.47 Å². The lowest BCUT2D eigenvalue weighted by molar-refractivity contribution is 0.103. The molecular formula is C19H16O5. The van der Waals surface area contributed by atoms with Gasteiger partial charge in [-0.05, 0) is 42.7 Å². The van der Waals surface area contributed by atoms with Crippen molar-refractivity contribution < 1.29 is 24.5 Å². The van der Waals surface area contributed by atoms with Crippen molar-refractivity contribution in [2.75, 3.05) is 6.61 Å². The van der Waals surface area contributed by atoms with Crippen molar-refractivity contribution in [3.63, 3.8) is 0 Å². The van der Waals surface area contributed by atoms with Crippen LogP contribution in [0.15, 0.2) is 24.3 Å². The zero-order valence-electron chi connectivity index (χ0n) is 13.1. The lowest BCUT2D eigenvalue weighted by Crippen LogP contribution is -2.30. The van der Waals surface area contributed by atoms with Crippen LogP contribution in [0.25, 0.3) is 0 Å². The number of benzene rings is 2. The molecule has 0 spiro atoms. The van der Waals surface area contributed by atoms with Crippen LogP contribution >= 0.6 is 0 Å². The summed E-state index contributed by atoms with van der Waals surface area (Å²) in [7, 11) is 0. The van der Waals surface area contributed by atoms with E-state index >= 15 is 0 Å². The number of fused-ring (bicyclic) bond motifs is 4. The SMILES string of the molecule is C[C@]1([C@H]2Cc3c(ccc4c3Cc3cc(O)cc(O)c3C4=O)O2)CO1. The topological polar surface area (TPSA) is 79.3 Å². The van der Waals surface area contributed by atoms with E-state index in [9.17, 15) is 15.0 Å². The molecule has 0 saturated carbocycles. The van der Waals surface area contributed by atoms with Crippen LogP contribution in [0.4, 0.5) is 0 Å². The van der Waals surface area contributed by atoms with Gasteiger partial charge in [-0.1, -0.05) is 0 Å². The molecule has 2 aliphatic heterocycles. The highest BCUT2D eigenvalue weighted by atomic mass is 16.6. The molecule has 3 aliphatic rings. The number of ketones is 1. The number of aromatic hydroxyl groups is 2. The molecule has 0 aromatic heterocycles. The van der Waals surface area contributed by atoms with Crippen LogP contribution in [-0.2, 0) is 17.6 Å². The van der Waals surface area contributed by atoms with E-state index in [0.29, 0.717) is 30.6 Å². The van der Waals surface area contributed by atoms with Gasteiger partial charge in [-0.2, -0.15) is 0 Å². The third kappa shape index (κ3) is 1.76. The largest absolute Gasteiger partial charge is 0.508 e. The second-order valence-electron chi connectivity index (χ2n) is 6.99. The lowest BCUT2D eigenvalue weighted by atomic mass is 9.81. The van der Waals surface area contributed by atoms with Crippen molar-refractivity contribution in [2.24, 2.45) is 0 Å². The predicted octanol–water partition coefficient (Wildman–Crippen LogP) is 2.33. The average Bonchev–Trinajstić information content (AvgIpc) is 3.11. The second kappa shape index (κ2) is 4.30. The van der Waals surface area contributed by atoms with Crippen LogP contribution in [-0.4, -0.2) is 34.3 Å². The molecule has 24 heavy (non-hydrogen) atoms. The summed E-state index contributed by atoms with van der Waals surface area (Å²) >= 11 is 0. The molecule has 5 nitrogen and oxygen atoms in total. The first-order chi connectivity index (χ1) is 11.5. The van der Waals surface area contributed by atoms with Gasteiger partial charge in [0.1, 0.15) is 29.0 Å². The summed E-state index contributed by atoms with van der Waals surface area (Å²) in [5.74, 6) is 0.386. The Labute approximate surface area is 138 Å². The molecule has 5 rings (SSSR count). The predicted molar refractivity (Wildman–Crippen MR) is 84.9 cm³/mol. The van der Waals surface area contributed by atoms with Gasteiger partial charge < -0.3 is 19.7 Å². The van der Waals surface area contributed by atoms with Gasteiger partial charge in [0.2, 0.25) is 0 Å². The normalized spacial score (nSPS) is 26.4. The van der Waals surface area contributed by atoms with E-state index in [-0.39, 0.29) is 34.6 Å². The molecule has 2 heterocycles. The minimum atomic E-state index is -0.237. The maximum atomic E-state index is 12.8. The Morgan fingerprint density at radius 1 is 1.21 bits per heavy atom. The van der Waals surface area contributed by atoms with E-state index in [1.54, 1.807) is 12.1 Å². The quantitative estimate of drug-likeness (QED) is 0.672. The summed E-state index contributed by atoms with van der Waals surface area (Å²) in [5, 5.41) is 19.8. The summed E-state index contributed by atoms with van der Waals surface area (Å²) in [6.45, 7) is 2.73. The van der Waals surface area contributed by atoms with Crippen LogP contribution < -0.4 is 4.74 Å². The Morgan fingerprint density at radius 3 is 2.75 bits per heavy atom. The van der Waals surface area contributed by atoms with E-state index in [1.165, 1.54) is 6.07 Å². The fraction of sp³-hybridized carbons (Fsp3) is 0.316. The number of hydrogen-bond acceptors (Lipinski definition) is 5. The van der Waals surface area contributed by atoms with Crippen LogP contribution in [0.2, 0.25) is 0 Å². The zero-order chi connectivity index (χ0) is 16.6. The highest BCUT2D eigenvalue weighted by Gasteiger charge is 2.51. The zero-order valence-corrected chi connectivity index (χ0v) is 13.1. The first-order valence-corrected chi connectivity index (χ1v) is 8.01. The van der Waals surface area contributed by atoms with Crippen molar-refractivity contribution >= 4 is 5.78 Å². The van der Waals surface area contributed by atoms with Gasteiger partial charge in [0.15, 0.2) is 5.78 Å². The Bertz CT molecular complexity index is 910. The van der Waals surface area contributed by atoms with Gasteiger partial charge in [0.25, 0.3) is 0 Å². The molecule has 2 atom stereocenters. The maximum absolute atomic E-state index is 12.8. The van der Waals surface area contributed by atoms with Crippen molar-refractivity contribution in [3.05, 3.63) is 52.1 Å². The van der Waals surface area contributed by atoms with Crippen molar-refractivity contribution in [1.29, 1.82) is 0 Å².